The highest BCUT2D eigenvalue weighted by molar-refractivity contribution is 7.78. The van der Waals surface area contributed by atoms with Crippen molar-refractivity contribution in [3.8, 4) is 21.6 Å². The standard InChI is InChI=1S/C22H18F3NS2/c1-2-3-4-5-16-7-9-21(28-16)14-6-8-17(18(23)10-14)15-11-19(24)22(26-13-27)20(25)12-15/h6-12H,2-5H2,1H3. The molecule has 144 valence electrons. The SMILES string of the molecule is CCCCCc1ccc(-c2ccc(-c3cc(F)c(N=C=S)c(F)c3)c(F)c2)s1. The lowest BCUT2D eigenvalue weighted by atomic mass is 10.0. The second-order valence-corrected chi connectivity index (χ2v) is 7.76. The molecule has 0 amide bonds. The zero-order valence-corrected chi connectivity index (χ0v) is 16.9. The summed E-state index contributed by atoms with van der Waals surface area (Å²) in [5.74, 6) is -2.36. The molecule has 1 aromatic heterocycles. The molecule has 1 nitrogen and oxygen atoms in total. The van der Waals surface area contributed by atoms with Gasteiger partial charge in [0.1, 0.15) is 11.5 Å². The molecule has 28 heavy (non-hydrogen) atoms. The second-order valence-electron chi connectivity index (χ2n) is 6.41. The Hall–Kier alpha value is -2.27. The van der Waals surface area contributed by atoms with Gasteiger partial charge in [-0.2, -0.15) is 4.99 Å². The third kappa shape index (κ3) is 4.58. The molecule has 0 saturated heterocycles. The summed E-state index contributed by atoms with van der Waals surface area (Å²) in [7, 11) is 0. The van der Waals surface area contributed by atoms with Crippen LogP contribution < -0.4 is 0 Å². The minimum absolute atomic E-state index is 0.105. The van der Waals surface area contributed by atoms with Crippen molar-refractivity contribution >= 4 is 34.4 Å². The van der Waals surface area contributed by atoms with Crippen LogP contribution in [0.25, 0.3) is 21.6 Å². The number of halogens is 3. The Balaban J connectivity index is 1.88. The summed E-state index contributed by atoms with van der Waals surface area (Å²) in [6.07, 6.45) is 4.53. The van der Waals surface area contributed by atoms with Crippen molar-refractivity contribution in [2.45, 2.75) is 32.6 Å². The Morgan fingerprint density at radius 1 is 0.929 bits per heavy atom. The van der Waals surface area contributed by atoms with Crippen molar-refractivity contribution in [3.05, 3.63) is 64.8 Å². The van der Waals surface area contributed by atoms with Crippen molar-refractivity contribution in [3.63, 3.8) is 0 Å². The fourth-order valence-corrected chi connectivity index (χ4v) is 4.13. The Morgan fingerprint density at radius 3 is 2.29 bits per heavy atom. The second kappa shape index (κ2) is 9.28. The normalized spacial score (nSPS) is 10.7. The van der Waals surface area contributed by atoms with Crippen molar-refractivity contribution in [2.24, 2.45) is 4.99 Å². The summed E-state index contributed by atoms with van der Waals surface area (Å²) in [6, 6.07) is 10.8. The third-order valence-electron chi connectivity index (χ3n) is 4.43. The molecular formula is C22H18F3NS2. The van der Waals surface area contributed by atoms with Gasteiger partial charge in [-0.25, -0.2) is 13.2 Å². The van der Waals surface area contributed by atoms with Crippen LogP contribution in [0.1, 0.15) is 31.1 Å². The maximum atomic E-state index is 14.7. The molecule has 0 N–H and O–H groups in total. The van der Waals surface area contributed by atoms with E-state index in [1.165, 1.54) is 29.9 Å². The van der Waals surface area contributed by atoms with Gasteiger partial charge in [0.25, 0.3) is 0 Å². The van der Waals surface area contributed by atoms with E-state index in [0.717, 1.165) is 35.4 Å². The molecule has 2 aromatic carbocycles. The Morgan fingerprint density at radius 2 is 1.64 bits per heavy atom. The van der Waals surface area contributed by atoms with Gasteiger partial charge < -0.3 is 0 Å². The molecule has 0 radical (unpaired) electrons. The Labute approximate surface area is 171 Å². The number of benzene rings is 2. The number of rotatable bonds is 7. The minimum atomic E-state index is -0.911. The van der Waals surface area contributed by atoms with Crippen molar-refractivity contribution < 1.29 is 13.2 Å². The highest BCUT2D eigenvalue weighted by Crippen LogP contribution is 2.34. The van der Waals surface area contributed by atoms with Crippen molar-refractivity contribution in [1.29, 1.82) is 0 Å². The van der Waals surface area contributed by atoms with Gasteiger partial charge in [-0.1, -0.05) is 31.9 Å². The number of hydrogen-bond acceptors (Lipinski definition) is 3. The fraction of sp³-hybridized carbons (Fsp3) is 0.227. The van der Waals surface area contributed by atoms with Crippen LogP contribution in [0.15, 0.2) is 47.5 Å². The predicted molar refractivity (Wildman–Crippen MR) is 113 cm³/mol. The number of aryl methyl sites for hydroxylation is 1. The molecule has 0 spiro atoms. The van der Waals surface area contributed by atoms with E-state index in [9.17, 15) is 13.2 Å². The van der Waals surface area contributed by atoms with Gasteiger partial charge in [0.15, 0.2) is 11.6 Å². The van der Waals surface area contributed by atoms with Gasteiger partial charge in [-0.3, -0.25) is 0 Å². The number of hydrogen-bond donors (Lipinski definition) is 0. The van der Waals surface area contributed by atoms with Gasteiger partial charge in [0.05, 0.1) is 5.16 Å². The molecule has 3 rings (SSSR count). The number of aliphatic imine (C=N–C) groups is 1. The molecule has 0 aliphatic heterocycles. The van der Waals surface area contributed by atoms with E-state index in [2.05, 4.69) is 30.2 Å². The quantitative estimate of drug-likeness (QED) is 0.216. The number of isothiocyanates is 1. The maximum absolute atomic E-state index is 14.7. The Kier molecular flexibility index (Phi) is 6.79. The summed E-state index contributed by atoms with van der Waals surface area (Å²) in [5, 5.41) is 1.94. The van der Waals surface area contributed by atoms with E-state index in [1.807, 2.05) is 11.2 Å². The smallest absolute Gasteiger partial charge is 0.153 e. The van der Waals surface area contributed by atoms with Crippen molar-refractivity contribution in [2.75, 3.05) is 0 Å². The first-order chi connectivity index (χ1) is 13.5. The first-order valence-corrected chi connectivity index (χ1v) is 10.2. The third-order valence-corrected chi connectivity index (χ3v) is 5.71. The van der Waals surface area contributed by atoms with Crippen LogP contribution in [-0.2, 0) is 6.42 Å². The molecule has 0 saturated carbocycles. The molecule has 0 aliphatic rings. The van der Waals surface area contributed by atoms with E-state index >= 15 is 0 Å². The van der Waals surface area contributed by atoms with Crippen LogP contribution in [-0.4, -0.2) is 5.16 Å². The number of unbranched alkanes of at least 4 members (excludes halogenated alkanes) is 2. The highest BCUT2D eigenvalue weighted by atomic mass is 32.1. The summed E-state index contributed by atoms with van der Waals surface area (Å²) in [5.41, 5.74) is 0.453. The minimum Gasteiger partial charge on any atom is -0.206 e. The maximum Gasteiger partial charge on any atom is 0.153 e. The van der Waals surface area contributed by atoms with Gasteiger partial charge in [-0.05, 0) is 66.5 Å². The number of thiocarbonyl (C=S) groups is 1. The first-order valence-electron chi connectivity index (χ1n) is 8.99. The first kappa shape index (κ1) is 20.5. The lowest BCUT2D eigenvalue weighted by molar-refractivity contribution is 0.588. The number of thiophene rings is 1. The van der Waals surface area contributed by atoms with E-state index in [0.29, 0.717) is 0 Å². The van der Waals surface area contributed by atoms with Gasteiger partial charge >= 0.3 is 0 Å². The lowest BCUT2D eigenvalue weighted by Gasteiger charge is -2.08. The molecule has 0 atom stereocenters. The van der Waals surface area contributed by atoms with Crippen LogP contribution in [0.5, 0.6) is 0 Å². The van der Waals surface area contributed by atoms with E-state index in [1.54, 1.807) is 17.4 Å². The summed E-state index contributed by atoms with van der Waals surface area (Å²) < 4.78 is 42.8. The fourth-order valence-electron chi connectivity index (χ4n) is 2.99. The molecule has 0 unspecified atom stereocenters. The summed E-state index contributed by atoms with van der Waals surface area (Å²) in [4.78, 5) is 5.61. The summed E-state index contributed by atoms with van der Waals surface area (Å²) in [6.45, 7) is 2.17. The molecule has 1 heterocycles. The molecule has 0 aliphatic carbocycles. The predicted octanol–water partition coefficient (Wildman–Crippen LogP) is 7.97. The largest absolute Gasteiger partial charge is 0.206 e. The van der Waals surface area contributed by atoms with Crippen LogP contribution in [0.3, 0.4) is 0 Å². The topological polar surface area (TPSA) is 12.4 Å². The van der Waals surface area contributed by atoms with E-state index in [4.69, 9.17) is 0 Å². The van der Waals surface area contributed by atoms with Crippen LogP contribution in [0.4, 0.5) is 18.9 Å². The molecule has 6 heteroatoms. The lowest BCUT2D eigenvalue weighted by Crippen LogP contribution is -1.90. The van der Waals surface area contributed by atoms with E-state index < -0.39 is 23.1 Å². The molecule has 3 aromatic rings. The summed E-state index contributed by atoms with van der Waals surface area (Å²) >= 11 is 6.03. The number of nitrogens with zero attached hydrogens (tertiary/aromatic N) is 1. The Bertz CT molecular complexity index is 1010. The van der Waals surface area contributed by atoms with Gasteiger partial charge in [0.2, 0.25) is 0 Å². The monoisotopic (exact) mass is 417 g/mol. The van der Waals surface area contributed by atoms with Crippen LogP contribution >= 0.6 is 23.6 Å². The average Bonchev–Trinajstić information content (AvgIpc) is 3.13. The molecule has 0 bridgehead atoms. The average molecular weight is 418 g/mol. The molecular weight excluding hydrogens is 399 g/mol. The van der Waals surface area contributed by atoms with Crippen molar-refractivity contribution in [1.82, 2.24) is 0 Å². The highest BCUT2D eigenvalue weighted by Gasteiger charge is 2.15. The van der Waals surface area contributed by atoms with Gasteiger partial charge in [-0.15, -0.1) is 11.3 Å². The van der Waals surface area contributed by atoms with E-state index in [-0.39, 0.29) is 11.1 Å². The van der Waals surface area contributed by atoms with Crippen LogP contribution in [0, 0.1) is 17.5 Å². The zero-order chi connectivity index (χ0) is 20.1. The molecule has 0 fully saturated rings. The van der Waals surface area contributed by atoms with Crippen LogP contribution in [0.2, 0.25) is 0 Å². The zero-order valence-electron chi connectivity index (χ0n) is 15.3. The van der Waals surface area contributed by atoms with Gasteiger partial charge in [0, 0.05) is 15.3 Å².